The second-order valence-electron chi connectivity index (χ2n) is 4.09. The molecule has 0 spiro atoms. The smallest absolute Gasteiger partial charge is 0.214 e. The van der Waals surface area contributed by atoms with Crippen LogP contribution >= 0.6 is 0 Å². The first-order valence-corrected chi connectivity index (χ1v) is 5.42. The second-order valence-corrected chi connectivity index (χ2v) is 4.09. The number of hydrogen-bond donors (Lipinski definition) is 0. The van der Waals surface area contributed by atoms with Crippen LogP contribution in [-0.2, 0) is 17.4 Å². The van der Waals surface area contributed by atoms with E-state index in [2.05, 4.69) is 34.6 Å². The van der Waals surface area contributed by atoms with Crippen molar-refractivity contribution in [2.45, 2.75) is 34.6 Å². The van der Waals surface area contributed by atoms with Gasteiger partial charge in [-0.3, -0.25) is 0 Å². The maximum absolute atomic E-state index is 2.20. The van der Waals surface area contributed by atoms with E-state index in [0.29, 0.717) is 0 Å². The average Bonchev–Trinajstić information content (AvgIpc) is 2.86. The summed E-state index contributed by atoms with van der Waals surface area (Å²) < 4.78 is 0. The van der Waals surface area contributed by atoms with Crippen LogP contribution in [0.1, 0.15) is 27.8 Å². The van der Waals surface area contributed by atoms with E-state index in [4.69, 9.17) is 0 Å². The van der Waals surface area contributed by atoms with Gasteiger partial charge in [-0.15, -0.1) is 0 Å². The summed E-state index contributed by atoms with van der Waals surface area (Å²) in [6.45, 7) is 11.0. The molecule has 0 bridgehead atoms. The first-order valence-electron chi connectivity index (χ1n) is 5.42. The molecule has 16 heavy (non-hydrogen) atoms. The Morgan fingerprint density at radius 1 is 0.875 bits per heavy atom. The van der Waals surface area contributed by atoms with E-state index in [1.165, 1.54) is 27.8 Å². The monoisotopic (exact) mass is 252 g/mol. The molecule has 0 N–H and O–H groups in total. The predicted molar refractivity (Wildman–Crippen MR) is 67.8 cm³/mol. The summed E-state index contributed by atoms with van der Waals surface area (Å²) in [7, 11) is 0. The van der Waals surface area contributed by atoms with E-state index >= 15 is 0 Å². The Morgan fingerprint density at radius 2 is 1.25 bits per heavy atom. The van der Waals surface area contributed by atoms with Crippen molar-refractivity contribution in [1.82, 2.24) is 0 Å². The topological polar surface area (TPSA) is 0 Å². The third-order valence-electron chi connectivity index (χ3n) is 3.37. The van der Waals surface area contributed by atoms with Gasteiger partial charge >= 0.3 is 17.4 Å². The first kappa shape index (κ1) is 15.2. The van der Waals surface area contributed by atoms with Crippen LogP contribution < -0.4 is 0 Å². The van der Waals surface area contributed by atoms with Crippen molar-refractivity contribution in [1.29, 1.82) is 0 Å². The fourth-order valence-electron chi connectivity index (χ4n) is 1.73. The van der Waals surface area contributed by atoms with Crippen LogP contribution in [0.25, 0.3) is 0 Å². The fraction of sp³-hybridized carbons (Fsp3) is 0.333. The number of rotatable bonds is 0. The molecule has 2 aromatic carbocycles. The third-order valence-corrected chi connectivity index (χ3v) is 3.37. The Balaban J connectivity index is 0.000000318. The quantitative estimate of drug-likeness (QED) is 0.611. The zero-order valence-corrected chi connectivity index (χ0v) is 12.1. The summed E-state index contributed by atoms with van der Waals surface area (Å²) in [6, 6.07) is 10.0. The standard InChI is InChI=1S/C10H15.C5H5.Cr/c1-6-7(2)9(4)10(5)8(6)3;1-2-4-5-3-1;/h1-5H3;1-5H;/q2*-1;+2. The van der Waals surface area contributed by atoms with Crippen molar-refractivity contribution >= 4 is 0 Å². The zero-order chi connectivity index (χ0) is 11.4. The minimum absolute atomic E-state index is 0. The Morgan fingerprint density at radius 3 is 1.38 bits per heavy atom. The largest absolute Gasteiger partial charge is 2.00 e. The van der Waals surface area contributed by atoms with Crippen molar-refractivity contribution in [2.24, 2.45) is 0 Å². The van der Waals surface area contributed by atoms with Gasteiger partial charge in [0, 0.05) is 0 Å². The summed E-state index contributed by atoms with van der Waals surface area (Å²) >= 11 is 0. The van der Waals surface area contributed by atoms with Crippen molar-refractivity contribution in [3.63, 3.8) is 0 Å². The van der Waals surface area contributed by atoms with Crippen LogP contribution in [0.4, 0.5) is 0 Å². The summed E-state index contributed by atoms with van der Waals surface area (Å²) in [5.41, 5.74) is 7.34. The van der Waals surface area contributed by atoms with Gasteiger partial charge in [-0.2, -0.15) is 46.0 Å². The molecule has 0 amide bonds. The molecule has 0 aliphatic heterocycles. The Bertz CT molecular complexity index is 308. The maximum atomic E-state index is 2.20. The molecular formula is C15H20Cr. The van der Waals surface area contributed by atoms with Crippen LogP contribution in [0.2, 0.25) is 0 Å². The maximum Gasteiger partial charge on any atom is 2.00 e. The SMILES string of the molecule is Cc1c(C)c(C)[c-](C)c1C.[Cr+2].c1cc[cH-]c1. The van der Waals surface area contributed by atoms with Crippen molar-refractivity contribution in [3.05, 3.63) is 58.1 Å². The molecule has 2 rings (SSSR count). The molecule has 0 aromatic heterocycles. The molecule has 0 atom stereocenters. The zero-order valence-electron chi connectivity index (χ0n) is 10.8. The van der Waals surface area contributed by atoms with Gasteiger partial charge in [0.2, 0.25) is 0 Å². The molecule has 0 unspecified atom stereocenters. The molecule has 0 fully saturated rings. The molecule has 2 aromatic rings. The third kappa shape index (κ3) is 3.37. The summed E-state index contributed by atoms with van der Waals surface area (Å²) in [6.07, 6.45) is 0. The molecule has 0 radical (unpaired) electrons. The average molecular weight is 252 g/mol. The van der Waals surface area contributed by atoms with Crippen molar-refractivity contribution in [2.75, 3.05) is 0 Å². The Labute approximate surface area is 110 Å². The molecule has 0 heterocycles. The van der Waals surface area contributed by atoms with Gasteiger partial charge in [-0.1, -0.05) is 34.6 Å². The fourth-order valence-corrected chi connectivity index (χ4v) is 1.73. The predicted octanol–water partition coefficient (Wildman–Crippen LogP) is 4.35. The van der Waals surface area contributed by atoms with Gasteiger partial charge < -0.3 is 0 Å². The van der Waals surface area contributed by atoms with Crippen LogP contribution in [0.15, 0.2) is 30.3 Å². The second kappa shape index (κ2) is 6.74. The van der Waals surface area contributed by atoms with E-state index < -0.39 is 0 Å². The normalized spacial score (nSPS) is 9.06. The summed E-state index contributed by atoms with van der Waals surface area (Å²) in [5.74, 6) is 0. The first-order chi connectivity index (χ1) is 7.05. The molecule has 86 valence electrons. The minimum Gasteiger partial charge on any atom is -0.214 e. The molecule has 0 aliphatic rings. The van der Waals surface area contributed by atoms with E-state index in [0.717, 1.165) is 0 Å². The van der Waals surface area contributed by atoms with Gasteiger partial charge in [0.25, 0.3) is 0 Å². The Hall–Kier alpha value is -0.768. The number of hydrogen-bond acceptors (Lipinski definition) is 0. The van der Waals surface area contributed by atoms with Crippen molar-refractivity contribution in [3.8, 4) is 0 Å². The van der Waals surface area contributed by atoms with E-state index in [9.17, 15) is 0 Å². The van der Waals surface area contributed by atoms with Crippen LogP contribution in [0.3, 0.4) is 0 Å². The van der Waals surface area contributed by atoms with E-state index in [-0.39, 0.29) is 17.4 Å². The molecule has 0 aliphatic carbocycles. The summed E-state index contributed by atoms with van der Waals surface area (Å²) in [4.78, 5) is 0. The Kier molecular flexibility index (Phi) is 6.41. The minimum atomic E-state index is 0. The van der Waals surface area contributed by atoms with Gasteiger partial charge in [0.1, 0.15) is 0 Å². The molecular weight excluding hydrogens is 232 g/mol. The van der Waals surface area contributed by atoms with E-state index in [1.54, 1.807) is 0 Å². The van der Waals surface area contributed by atoms with Crippen LogP contribution in [-0.4, -0.2) is 0 Å². The van der Waals surface area contributed by atoms with Gasteiger partial charge in [0.05, 0.1) is 0 Å². The van der Waals surface area contributed by atoms with Crippen LogP contribution in [0, 0.1) is 34.6 Å². The molecule has 0 saturated carbocycles. The van der Waals surface area contributed by atoms with Crippen LogP contribution in [0.5, 0.6) is 0 Å². The van der Waals surface area contributed by atoms with Gasteiger partial charge in [0.15, 0.2) is 0 Å². The van der Waals surface area contributed by atoms with Gasteiger partial charge in [-0.25, -0.2) is 12.1 Å². The van der Waals surface area contributed by atoms with E-state index in [1.807, 2.05) is 30.3 Å². The molecule has 0 nitrogen and oxygen atoms in total. The molecule has 0 saturated heterocycles. The van der Waals surface area contributed by atoms with Crippen molar-refractivity contribution < 1.29 is 17.4 Å². The van der Waals surface area contributed by atoms with Gasteiger partial charge in [-0.05, 0) is 0 Å². The summed E-state index contributed by atoms with van der Waals surface area (Å²) in [5, 5.41) is 0. The molecule has 1 heteroatoms.